The van der Waals surface area contributed by atoms with Gasteiger partial charge < -0.3 is 19.3 Å². The van der Waals surface area contributed by atoms with E-state index in [1.165, 1.54) is 30.3 Å². The first kappa shape index (κ1) is 29.4. The van der Waals surface area contributed by atoms with Crippen LogP contribution in [0.25, 0.3) is 6.08 Å². The number of rotatable bonds is 10. The smallest absolute Gasteiger partial charge is 0.335 e. The molecule has 1 aliphatic heterocycles. The number of benzene rings is 4. The first-order valence-corrected chi connectivity index (χ1v) is 14.2. The number of hydrogen-bond acceptors (Lipinski definition) is 7. The Bertz CT molecular complexity index is 1690. The third-order valence-electron chi connectivity index (χ3n) is 6.42. The van der Waals surface area contributed by atoms with Gasteiger partial charge in [-0.2, -0.15) is 0 Å². The number of amides is 4. The average Bonchev–Trinajstić information content (AvgIpc) is 3.00. The van der Waals surface area contributed by atoms with E-state index in [0.29, 0.717) is 40.5 Å². The van der Waals surface area contributed by atoms with E-state index in [1.807, 2.05) is 55.5 Å². The van der Waals surface area contributed by atoms with Crippen molar-refractivity contribution in [3.63, 3.8) is 0 Å². The second-order valence-electron chi connectivity index (χ2n) is 9.43. The van der Waals surface area contributed by atoms with Gasteiger partial charge in [0.15, 0.2) is 11.5 Å². The number of phenolic OH excluding ortho intramolecular Hbond substituents is 1. The lowest BCUT2D eigenvalue weighted by Crippen LogP contribution is -2.54. The molecule has 4 aromatic carbocycles. The van der Waals surface area contributed by atoms with Crippen molar-refractivity contribution < 1.29 is 33.7 Å². The molecule has 4 aromatic rings. The van der Waals surface area contributed by atoms with Crippen molar-refractivity contribution in [3.05, 3.63) is 118 Å². The van der Waals surface area contributed by atoms with Crippen LogP contribution < -0.4 is 24.4 Å². The zero-order chi connectivity index (χ0) is 30.3. The SMILES string of the molecule is CCOc1cc(COc2ccc(Br)cc2/C=C2/C(=O)NC(=O)N(c3ccc(O)cc3)C2=O)ccc1OCc1ccccc1. The van der Waals surface area contributed by atoms with Crippen molar-refractivity contribution in [2.75, 3.05) is 11.5 Å². The summed E-state index contributed by atoms with van der Waals surface area (Å²) in [7, 11) is 0. The van der Waals surface area contributed by atoms with Crippen LogP contribution in [0.15, 0.2) is 101 Å². The van der Waals surface area contributed by atoms with Gasteiger partial charge in [0.05, 0.1) is 12.3 Å². The van der Waals surface area contributed by atoms with Gasteiger partial charge in [0.25, 0.3) is 11.8 Å². The van der Waals surface area contributed by atoms with Gasteiger partial charge in [0.1, 0.15) is 30.3 Å². The number of anilines is 1. The van der Waals surface area contributed by atoms with Crippen LogP contribution in [0.4, 0.5) is 10.5 Å². The monoisotopic (exact) mass is 642 g/mol. The number of ether oxygens (including phenoxy) is 3. The van der Waals surface area contributed by atoms with Crippen LogP contribution in [0.3, 0.4) is 0 Å². The lowest BCUT2D eigenvalue weighted by Gasteiger charge is -2.26. The van der Waals surface area contributed by atoms with E-state index >= 15 is 0 Å². The highest BCUT2D eigenvalue weighted by molar-refractivity contribution is 9.10. The molecule has 4 amide bonds. The third kappa shape index (κ3) is 7.04. The van der Waals surface area contributed by atoms with Crippen LogP contribution in [-0.2, 0) is 22.8 Å². The number of halogens is 1. The normalized spacial score (nSPS) is 14.0. The zero-order valence-corrected chi connectivity index (χ0v) is 24.7. The largest absolute Gasteiger partial charge is 0.508 e. The van der Waals surface area contributed by atoms with Gasteiger partial charge in [-0.05, 0) is 78.7 Å². The van der Waals surface area contributed by atoms with E-state index in [1.54, 1.807) is 18.2 Å². The lowest BCUT2D eigenvalue weighted by molar-refractivity contribution is -0.122. The molecule has 0 saturated carbocycles. The summed E-state index contributed by atoms with van der Waals surface area (Å²) in [5, 5.41) is 11.8. The molecule has 2 N–H and O–H groups in total. The summed E-state index contributed by atoms with van der Waals surface area (Å²) in [6, 6.07) is 25.2. The quantitative estimate of drug-likeness (QED) is 0.152. The second-order valence-corrected chi connectivity index (χ2v) is 10.3. The molecule has 1 fully saturated rings. The predicted octanol–water partition coefficient (Wildman–Crippen LogP) is 6.38. The van der Waals surface area contributed by atoms with E-state index in [4.69, 9.17) is 14.2 Å². The Morgan fingerprint density at radius 1 is 0.791 bits per heavy atom. The molecule has 0 spiro atoms. The minimum atomic E-state index is -0.884. The van der Waals surface area contributed by atoms with Crippen LogP contribution in [0.5, 0.6) is 23.0 Å². The lowest BCUT2D eigenvalue weighted by atomic mass is 10.1. The minimum Gasteiger partial charge on any atom is -0.508 e. The summed E-state index contributed by atoms with van der Waals surface area (Å²) in [5.41, 5.74) is 2.24. The third-order valence-corrected chi connectivity index (χ3v) is 6.91. The number of hydrogen-bond donors (Lipinski definition) is 2. The van der Waals surface area contributed by atoms with Crippen molar-refractivity contribution in [1.29, 1.82) is 0 Å². The molecule has 43 heavy (non-hydrogen) atoms. The first-order chi connectivity index (χ1) is 20.8. The molecule has 10 heteroatoms. The highest BCUT2D eigenvalue weighted by Gasteiger charge is 2.37. The molecule has 1 saturated heterocycles. The van der Waals surface area contributed by atoms with E-state index in [-0.39, 0.29) is 23.6 Å². The Kier molecular flexibility index (Phi) is 9.07. The fourth-order valence-electron chi connectivity index (χ4n) is 4.34. The van der Waals surface area contributed by atoms with Crippen molar-refractivity contribution in [1.82, 2.24) is 5.32 Å². The highest BCUT2D eigenvalue weighted by Crippen LogP contribution is 2.32. The molecule has 0 bridgehead atoms. The maximum atomic E-state index is 13.3. The van der Waals surface area contributed by atoms with Crippen molar-refractivity contribution in [2.24, 2.45) is 0 Å². The van der Waals surface area contributed by atoms with Crippen molar-refractivity contribution in [2.45, 2.75) is 20.1 Å². The van der Waals surface area contributed by atoms with Crippen LogP contribution in [0.1, 0.15) is 23.6 Å². The summed E-state index contributed by atoms with van der Waals surface area (Å²) < 4.78 is 18.6. The van der Waals surface area contributed by atoms with Gasteiger partial charge in [-0.1, -0.05) is 52.3 Å². The van der Waals surface area contributed by atoms with Gasteiger partial charge in [-0.3, -0.25) is 14.9 Å². The topological polar surface area (TPSA) is 114 Å². The molecule has 9 nitrogen and oxygen atoms in total. The van der Waals surface area contributed by atoms with Gasteiger partial charge in [-0.15, -0.1) is 0 Å². The fraction of sp³-hybridized carbons (Fsp3) is 0.121. The number of aromatic hydroxyl groups is 1. The molecule has 0 aliphatic carbocycles. The Morgan fingerprint density at radius 3 is 2.23 bits per heavy atom. The van der Waals surface area contributed by atoms with Crippen LogP contribution in [-0.4, -0.2) is 29.6 Å². The zero-order valence-electron chi connectivity index (χ0n) is 23.1. The predicted molar refractivity (Wildman–Crippen MR) is 164 cm³/mol. The second kappa shape index (κ2) is 13.3. The molecule has 0 aromatic heterocycles. The first-order valence-electron chi connectivity index (χ1n) is 13.4. The molecule has 1 aliphatic rings. The number of urea groups is 1. The van der Waals surface area contributed by atoms with Gasteiger partial charge >= 0.3 is 6.03 Å². The summed E-state index contributed by atoms with van der Waals surface area (Å²) in [6.45, 7) is 2.91. The van der Waals surface area contributed by atoms with Gasteiger partial charge in [0.2, 0.25) is 0 Å². The molecular formula is C33H27BrN2O7. The van der Waals surface area contributed by atoms with Crippen LogP contribution in [0.2, 0.25) is 0 Å². The number of carbonyl (C=O) groups excluding carboxylic acids is 3. The molecular weight excluding hydrogens is 616 g/mol. The Labute approximate surface area is 256 Å². The molecule has 0 atom stereocenters. The average molecular weight is 643 g/mol. The Hall–Kier alpha value is -5.09. The number of nitrogens with zero attached hydrogens (tertiary/aromatic N) is 1. The summed E-state index contributed by atoms with van der Waals surface area (Å²) in [4.78, 5) is 39.4. The van der Waals surface area contributed by atoms with E-state index in [0.717, 1.165) is 16.0 Å². The molecule has 0 unspecified atom stereocenters. The molecule has 1 heterocycles. The van der Waals surface area contributed by atoms with E-state index in [2.05, 4.69) is 21.2 Å². The van der Waals surface area contributed by atoms with E-state index < -0.39 is 17.8 Å². The number of barbiturate groups is 1. The number of imide groups is 2. The summed E-state index contributed by atoms with van der Waals surface area (Å²) >= 11 is 3.43. The molecule has 5 rings (SSSR count). The number of nitrogens with one attached hydrogen (secondary N) is 1. The van der Waals surface area contributed by atoms with Crippen molar-refractivity contribution >= 4 is 45.5 Å². The Morgan fingerprint density at radius 2 is 1.49 bits per heavy atom. The number of carbonyl (C=O) groups is 3. The van der Waals surface area contributed by atoms with Crippen molar-refractivity contribution in [3.8, 4) is 23.0 Å². The maximum Gasteiger partial charge on any atom is 0.335 e. The van der Waals surface area contributed by atoms with Crippen LogP contribution in [0, 0.1) is 0 Å². The maximum absolute atomic E-state index is 13.3. The summed E-state index contributed by atoms with van der Waals surface area (Å²) in [5.74, 6) is -0.0636. The van der Waals surface area contributed by atoms with Crippen LogP contribution >= 0.6 is 15.9 Å². The molecule has 0 radical (unpaired) electrons. The fourth-order valence-corrected chi connectivity index (χ4v) is 4.72. The standard InChI is InChI=1S/C33H27BrN2O7/c1-2-41-30-16-22(8-14-29(30)43-19-21-6-4-3-5-7-21)20-42-28-15-9-24(34)17-23(28)18-27-31(38)35-33(40)36(32(27)39)25-10-12-26(37)13-11-25/h3-18,37H,2,19-20H2,1H3,(H,35,38,40)/b27-18-. The number of phenols is 1. The van der Waals surface area contributed by atoms with Gasteiger partial charge in [0, 0.05) is 10.0 Å². The minimum absolute atomic E-state index is 0.0286. The van der Waals surface area contributed by atoms with Gasteiger partial charge in [-0.25, -0.2) is 9.69 Å². The highest BCUT2D eigenvalue weighted by atomic mass is 79.9. The summed E-state index contributed by atoms with van der Waals surface area (Å²) in [6.07, 6.45) is 1.38. The molecule has 218 valence electrons. The Balaban J connectivity index is 1.36. The van der Waals surface area contributed by atoms with E-state index in [9.17, 15) is 19.5 Å².